The largest absolute Gasteiger partial charge is 0.448 e. The van der Waals surface area contributed by atoms with Gasteiger partial charge in [-0.2, -0.15) is 0 Å². The Morgan fingerprint density at radius 3 is 2.58 bits per heavy atom. The third-order valence-electron chi connectivity index (χ3n) is 6.44. The minimum Gasteiger partial charge on any atom is -0.448 e. The maximum atomic E-state index is 13.5. The third kappa shape index (κ3) is 2.73. The van der Waals surface area contributed by atoms with E-state index < -0.39 is 5.54 Å². The summed E-state index contributed by atoms with van der Waals surface area (Å²) in [7, 11) is 0. The predicted molar refractivity (Wildman–Crippen MR) is 93.5 cm³/mol. The molecule has 1 aliphatic carbocycles. The van der Waals surface area contributed by atoms with Gasteiger partial charge in [0.05, 0.1) is 6.10 Å². The van der Waals surface area contributed by atoms with E-state index in [1.807, 2.05) is 4.90 Å². The van der Waals surface area contributed by atoms with Crippen molar-refractivity contribution in [2.24, 2.45) is 0 Å². The standard InChI is InChI=1S/C19H27N3O4/c1-13-16(20-12-26-13)17(24)22-11-3-9-19(22)8-2-10-21(18(19)25)14-4-6-15(23)7-5-14/h12,14-15,23H,2-11H2,1H3. The molecule has 3 heterocycles. The van der Waals surface area contributed by atoms with Crippen LogP contribution in [0.1, 0.15) is 67.6 Å². The molecule has 0 bridgehead atoms. The van der Waals surface area contributed by atoms with Crippen LogP contribution in [-0.2, 0) is 4.79 Å². The van der Waals surface area contributed by atoms with Gasteiger partial charge in [-0.05, 0) is 58.3 Å². The summed E-state index contributed by atoms with van der Waals surface area (Å²) < 4.78 is 5.20. The zero-order valence-corrected chi connectivity index (χ0v) is 15.3. The van der Waals surface area contributed by atoms with Crippen LogP contribution in [0, 0.1) is 6.92 Å². The zero-order chi connectivity index (χ0) is 18.3. The fourth-order valence-corrected chi connectivity index (χ4v) is 5.03. The molecule has 7 nitrogen and oxygen atoms in total. The number of aliphatic hydroxyl groups is 1. The number of hydrogen-bond acceptors (Lipinski definition) is 5. The average molecular weight is 361 g/mol. The number of carbonyl (C=O) groups is 2. The molecule has 26 heavy (non-hydrogen) atoms. The Labute approximate surface area is 153 Å². The second kappa shape index (κ2) is 6.68. The molecule has 1 N–H and O–H groups in total. The molecular formula is C19H27N3O4. The Morgan fingerprint density at radius 2 is 1.92 bits per heavy atom. The second-order valence-electron chi connectivity index (χ2n) is 7.91. The maximum Gasteiger partial charge on any atom is 0.276 e. The Bertz CT molecular complexity index is 695. The summed E-state index contributed by atoms with van der Waals surface area (Å²) in [6, 6.07) is 0.189. The van der Waals surface area contributed by atoms with Crippen molar-refractivity contribution in [1.29, 1.82) is 0 Å². The van der Waals surface area contributed by atoms with Gasteiger partial charge in [0.2, 0.25) is 5.91 Å². The number of aliphatic hydroxyl groups excluding tert-OH is 1. The van der Waals surface area contributed by atoms with Crippen molar-refractivity contribution < 1.29 is 19.1 Å². The van der Waals surface area contributed by atoms with Crippen LogP contribution in [0.4, 0.5) is 0 Å². The van der Waals surface area contributed by atoms with Crippen molar-refractivity contribution in [1.82, 2.24) is 14.8 Å². The van der Waals surface area contributed by atoms with Crippen molar-refractivity contribution in [3.8, 4) is 0 Å². The van der Waals surface area contributed by atoms with Gasteiger partial charge in [-0.1, -0.05) is 0 Å². The maximum absolute atomic E-state index is 13.5. The van der Waals surface area contributed by atoms with Crippen LogP contribution in [0.2, 0.25) is 0 Å². The van der Waals surface area contributed by atoms with Crippen molar-refractivity contribution in [3.05, 3.63) is 17.8 Å². The zero-order valence-electron chi connectivity index (χ0n) is 15.3. The first-order valence-electron chi connectivity index (χ1n) is 9.74. The molecule has 0 radical (unpaired) electrons. The first-order valence-corrected chi connectivity index (χ1v) is 9.74. The molecular weight excluding hydrogens is 334 g/mol. The van der Waals surface area contributed by atoms with Gasteiger partial charge in [0.15, 0.2) is 12.1 Å². The molecule has 1 spiro atoms. The van der Waals surface area contributed by atoms with E-state index in [4.69, 9.17) is 4.42 Å². The van der Waals surface area contributed by atoms with Crippen LogP contribution in [-0.4, -0.2) is 62.5 Å². The smallest absolute Gasteiger partial charge is 0.276 e. The summed E-state index contributed by atoms with van der Waals surface area (Å²) in [5.41, 5.74) is -0.409. The monoisotopic (exact) mass is 361 g/mol. The van der Waals surface area contributed by atoms with Crippen molar-refractivity contribution in [2.75, 3.05) is 13.1 Å². The Hall–Kier alpha value is -1.89. The van der Waals surface area contributed by atoms with E-state index in [2.05, 4.69) is 4.98 Å². The molecule has 4 rings (SSSR count). The first-order chi connectivity index (χ1) is 12.5. The molecule has 2 aliphatic heterocycles. The summed E-state index contributed by atoms with van der Waals surface area (Å²) >= 11 is 0. The fourth-order valence-electron chi connectivity index (χ4n) is 5.03. The summed E-state index contributed by atoms with van der Waals surface area (Å²) in [4.78, 5) is 34.4. The van der Waals surface area contributed by atoms with Gasteiger partial charge in [0.25, 0.3) is 5.91 Å². The van der Waals surface area contributed by atoms with Gasteiger partial charge < -0.3 is 19.3 Å². The Kier molecular flexibility index (Phi) is 4.50. The van der Waals surface area contributed by atoms with Gasteiger partial charge in [0, 0.05) is 19.1 Å². The Balaban J connectivity index is 1.58. The van der Waals surface area contributed by atoms with Crippen molar-refractivity contribution in [3.63, 3.8) is 0 Å². The number of carbonyl (C=O) groups excluding carboxylic acids is 2. The highest BCUT2D eigenvalue weighted by Crippen LogP contribution is 2.41. The minimum absolute atomic E-state index is 0.0946. The molecule has 3 fully saturated rings. The van der Waals surface area contributed by atoms with E-state index in [0.29, 0.717) is 18.0 Å². The van der Waals surface area contributed by atoms with Crippen LogP contribution in [0.15, 0.2) is 10.8 Å². The predicted octanol–water partition coefficient (Wildman–Crippen LogP) is 1.88. The van der Waals surface area contributed by atoms with Crippen LogP contribution in [0.5, 0.6) is 0 Å². The number of oxazole rings is 1. The van der Waals surface area contributed by atoms with Crippen LogP contribution >= 0.6 is 0 Å². The number of amides is 2. The molecule has 1 atom stereocenters. The topological polar surface area (TPSA) is 86.9 Å². The molecule has 1 saturated carbocycles. The summed E-state index contributed by atoms with van der Waals surface area (Å²) in [6.45, 7) is 3.08. The Morgan fingerprint density at radius 1 is 1.23 bits per heavy atom. The van der Waals surface area contributed by atoms with Crippen molar-refractivity contribution >= 4 is 11.8 Å². The molecule has 2 saturated heterocycles. The molecule has 1 aromatic heterocycles. The highest BCUT2D eigenvalue weighted by Gasteiger charge is 2.54. The number of aromatic nitrogens is 1. The molecule has 0 aromatic carbocycles. The number of likely N-dealkylation sites (tertiary alicyclic amines) is 2. The van der Waals surface area contributed by atoms with Gasteiger partial charge >= 0.3 is 0 Å². The van der Waals surface area contributed by atoms with Gasteiger partial charge in [0.1, 0.15) is 11.3 Å². The minimum atomic E-state index is -0.725. The van der Waals surface area contributed by atoms with E-state index in [9.17, 15) is 14.7 Å². The normalized spacial score (nSPS) is 32.5. The first kappa shape index (κ1) is 17.5. The van der Waals surface area contributed by atoms with Crippen LogP contribution in [0.3, 0.4) is 0 Å². The SMILES string of the molecule is Cc1ocnc1C(=O)N1CCCC12CCCN(C1CCC(O)CC1)C2=O. The lowest BCUT2D eigenvalue weighted by Crippen LogP contribution is -2.63. The van der Waals surface area contributed by atoms with E-state index in [1.54, 1.807) is 11.8 Å². The lowest BCUT2D eigenvalue weighted by Gasteiger charge is -2.48. The number of hydrogen-bond donors (Lipinski definition) is 1. The molecule has 3 aliphatic rings. The van der Waals surface area contributed by atoms with Gasteiger partial charge in [-0.15, -0.1) is 0 Å². The number of piperidine rings is 1. The number of aryl methyl sites for hydroxylation is 1. The highest BCUT2D eigenvalue weighted by molar-refractivity contribution is 5.99. The molecule has 2 amide bonds. The molecule has 1 unspecified atom stereocenters. The highest BCUT2D eigenvalue weighted by atomic mass is 16.3. The molecule has 1 aromatic rings. The van der Waals surface area contributed by atoms with E-state index in [0.717, 1.165) is 57.9 Å². The average Bonchev–Trinajstić information content (AvgIpc) is 3.25. The van der Waals surface area contributed by atoms with E-state index >= 15 is 0 Å². The number of rotatable bonds is 2. The van der Waals surface area contributed by atoms with E-state index in [-0.39, 0.29) is 24.0 Å². The lowest BCUT2D eigenvalue weighted by molar-refractivity contribution is -0.149. The van der Waals surface area contributed by atoms with Gasteiger partial charge in [-0.25, -0.2) is 4.98 Å². The second-order valence-corrected chi connectivity index (χ2v) is 7.91. The number of nitrogens with zero attached hydrogens (tertiary/aromatic N) is 3. The van der Waals surface area contributed by atoms with Crippen molar-refractivity contribution in [2.45, 2.75) is 76.0 Å². The summed E-state index contributed by atoms with van der Waals surface area (Å²) in [5.74, 6) is 0.401. The summed E-state index contributed by atoms with van der Waals surface area (Å²) in [5, 5.41) is 9.77. The van der Waals surface area contributed by atoms with Crippen LogP contribution < -0.4 is 0 Å². The van der Waals surface area contributed by atoms with E-state index in [1.165, 1.54) is 6.39 Å². The third-order valence-corrected chi connectivity index (χ3v) is 6.44. The summed E-state index contributed by atoms with van der Waals surface area (Å²) in [6.07, 6.45) is 7.44. The molecule has 142 valence electrons. The quantitative estimate of drug-likeness (QED) is 0.869. The van der Waals surface area contributed by atoms with Gasteiger partial charge in [-0.3, -0.25) is 9.59 Å². The lowest BCUT2D eigenvalue weighted by atomic mass is 9.82. The van der Waals surface area contributed by atoms with Crippen LogP contribution in [0.25, 0.3) is 0 Å². The fraction of sp³-hybridized carbons (Fsp3) is 0.737. The molecule has 7 heteroatoms.